The third kappa shape index (κ3) is 3.02. The summed E-state index contributed by atoms with van der Waals surface area (Å²) in [4.78, 5) is 0. The maximum atomic E-state index is 2.46. The van der Waals surface area contributed by atoms with Crippen molar-refractivity contribution in [3.05, 3.63) is 146 Å². The summed E-state index contributed by atoms with van der Waals surface area (Å²) in [6.45, 7) is 0. The molecule has 0 spiro atoms. The van der Waals surface area contributed by atoms with Crippen LogP contribution in [0.3, 0.4) is 0 Å². The number of rotatable bonds is 2. The van der Waals surface area contributed by atoms with Gasteiger partial charge in [-0.05, 0) is 112 Å². The first-order valence-electron chi connectivity index (χ1n) is 13.9. The lowest BCUT2D eigenvalue weighted by molar-refractivity contribution is 1.65. The molecule has 184 valence electrons. The van der Waals surface area contributed by atoms with E-state index < -0.39 is 0 Å². The molecule has 0 atom stereocenters. The second kappa shape index (κ2) is 8.15. The van der Waals surface area contributed by atoms with Gasteiger partial charge in [-0.25, -0.2) is 0 Å². The van der Waals surface area contributed by atoms with Gasteiger partial charge >= 0.3 is 0 Å². The predicted molar refractivity (Wildman–Crippen MR) is 172 cm³/mol. The largest absolute Gasteiger partial charge is 0.0622 e. The van der Waals surface area contributed by atoms with E-state index in [2.05, 4.69) is 146 Å². The van der Waals surface area contributed by atoms with Gasteiger partial charge in [0.1, 0.15) is 0 Å². The molecule has 0 heteroatoms. The maximum absolute atomic E-state index is 2.46. The Morgan fingerprint density at radius 2 is 0.850 bits per heavy atom. The minimum absolute atomic E-state index is 1.25. The number of fused-ring (bicyclic) bond motifs is 8. The number of benzene rings is 8. The average molecular weight is 505 g/mol. The molecule has 0 unspecified atom stereocenters. The first-order chi connectivity index (χ1) is 19.8. The lowest BCUT2D eigenvalue weighted by Crippen LogP contribution is -1.89. The SMILES string of the molecule is c1ccc(-c2ccc3c(ccc4c5cc6c(cc5c(-c5ccccc5)cc34)-c3cccc4cccc-6c34)c2)cc1. The fourth-order valence-corrected chi connectivity index (χ4v) is 6.91. The van der Waals surface area contributed by atoms with Crippen LogP contribution in [-0.4, -0.2) is 0 Å². The number of hydrogen-bond acceptors (Lipinski definition) is 0. The van der Waals surface area contributed by atoms with Crippen molar-refractivity contribution in [2.24, 2.45) is 0 Å². The van der Waals surface area contributed by atoms with Gasteiger partial charge in [0.15, 0.2) is 0 Å². The highest BCUT2D eigenvalue weighted by Crippen LogP contribution is 2.50. The van der Waals surface area contributed by atoms with Gasteiger partial charge in [0.25, 0.3) is 0 Å². The molecule has 0 N–H and O–H groups in total. The summed E-state index contributed by atoms with van der Waals surface area (Å²) in [5.74, 6) is 0. The molecule has 0 saturated carbocycles. The van der Waals surface area contributed by atoms with Gasteiger partial charge < -0.3 is 0 Å². The van der Waals surface area contributed by atoms with Crippen molar-refractivity contribution in [2.45, 2.75) is 0 Å². The highest BCUT2D eigenvalue weighted by molar-refractivity contribution is 6.25. The minimum Gasteiger partial charge on any atom is -0.0622 e. The smallest absolute Gasteiger partial charge is 0.00264 e. The summed E-state index contributed by atoms with van der Waals surface area (Å²) in [6, 6.07) is 53.8. The predicted octanol–water partition coefficient (Wildman–Crippen LogP) is 11.3. The van der Waals surface area contributed by atoms with Crippen molar-refractivity contribution in [3.8, 4) is 44.5 Å². The van der Waals surface area contributed by atoms with Gasteiger partial charge in [-0.15, -0.1) is 0 Å². The van der Waals surface area contributed by atoms with E-state index in [4.69, 9.17) is 0 Å². The first-order valence-corrected chi connectivity index (χ1v) is 13.9. The molecule has 8 aromatic rings. The summed E-state index contributed by atoms with van der Waals surface area (Å²) >= 11 is 0. The minimum atomic E-state index is 1.25. The second-order valence-electron chi connectivity index (χ2n) is 10.9. The van der Waals surface area contributed by atoms with E-state index in [0.29, 0.717) is 0 Å². The molecular formula is C40H24. The summed E-state index contributed by atoms with van der Waals surface area (Å²) in [7, 11) is 0. The van der Waals surface area contributed by atoms with Crippen LogP contribution in [0.25, 0.3) is 87.6 Å². The Labute approximate surface area is 232 Å². The Kier molecular flexibility index (Phi) is 4.42. The van der Waals surface area contributed by atoms with Crippen LogP contribution in [0.1, 0.15) is 0 Å². The lowest BCUT2D eigenvalue weighted by atomic mass is 9.88. The molecular weight excluding hydrogens is 480 g/mol. The fourth-order valence-electron chi connectivity index (χ4n) is 6.91. The monoisotopic (exact) mass is 504 g/mol. The van der Waals surface area contributed by atoms with Crippen molar-refractivity contribution in [1.82, 2.24) is 0 Å². The highest BCUT2D eigenvalue weighted by Gasteiger charge is 2.23. The number of hydrogen-bond donors (Lipinski definition) is 0. The second-order valence-corrected chi connectivity index (χ2v) is 10.9. The van der Waals surface area contributed by atoms with Crippen LogP contribution in [0.4, 0.5) is 0 Å². The molecule has 0 saturated heterocycles. The molecule has 0 bridgehead atoms. The van der Waals surface area contributed by atoms with E-state index >= 15 is 0 Å². The summed E-state index contributed by atoms with van der Waals surface area (Å²) < 4.78 is 0. The molecule has 1 aliphatic carbocycles. The molecule has 9 rings (SSSR count). The van der Waals surface area contributed by atoms with Crippen molar-refractivity contribution in [1.29, 1.82) is 0 Å². The standard InChI is InChI=1S/C40H24/c1-3-9-25(10-4-1)28-17-19-30-29(21-28)18-20-31-35(30)22-34(26-11-5-2-6-12-26)39-24-38-33-16-8-14-27-13-7-15-32(40(27)33)37(38)23-36(31)39/h1-24H. The Bertz CT molecular complexity index is 2290. The van der Waals surface area contributed by atoms with Gasteiger partial charge in [0.2, 0.25) is 0 Å². The first kappa shape index (κ1) is 21.7. The Morgan fingerprint density at radius 1 is 0.250 bits per heavy atom. The van der Waals surface area contributed by atoms with Gasteiger partial charge in [0.05, 0.1) is 0 Å². The van der Waals surface area contributed by atoms with Gasteiger partial charge in [-0.1, -0.05) is 121 Å². The maximum Gasteiger partial charge on any atom is -0.00264 e. The molecule has 0 aromatic heterocycles. The van der Waals surface area contributed by atoms with E-state index in [1.54, 1.807) is 0 Å². The van der Waals surface area contributed by atoms with Crippen LogP contribution in [-0.2, 0) is 0 Å². The summed E-state index contributed by atoms with van der Waals surface area (Å²) in [5, 5.41) is 10.5. The molecule has 8 aromatic carbocycles. The third-order valence-electron chi connectivity index (χ3n) is 8.77. The van der Waals surface area contributed by atoms with Crippen LogP contribution in [0.5, 0.6) is 0 Å². The summed E-state index contributed by atoms with van der Waals surface area (Å²) in [6.07, 6.45) is 0. The molecule has 0 nitrogen and oxygen atoms in total. The van der Waals surface area contributed by atoms with Crippen molar-refractivity contribution in [2.75, 3.05) is 0 Å². The highest BCUT2D eigenvalue weighted by atomic mass is 14.3. The average Bonchev–Trinajstić information content (AvgIpc) is 3.34. The van der Waals surface area contributed by atoms with Crippen LogP contribution in [0.15, 0.2) is 146 Å². The Hall–Kier alpha value is -5.20. The fraction of sp³-hybridized carbons (Fsp3) is 0. The van der Waals surface area contributed by atoms with Crippen LogP contribution in [0, 0.1) is 0 Å². The van der Waals surface area contributed by atoms with Crippen LogP contribution < -0.4 is 0 Å². The van der Waals surface area contributed by atoms with E-state index in [1.807, 2.05) is 0 Å². The Morgan fingerprint density at radius 3 is 1.57 bits per heavy atom. The van der Waals surface area contributed by atoms with E-state index in [1.165, 1.54) is 87.6 Å². The molecule has 0 amide bonds. The van der Waals surface area contributed by atoms with Gasteiger partial charge in [-0.2, -0.15) is 0 Å². The van der Waals surface area contributed by atoms with Gasteiger partial charge in [-0.3, -0.25) is 0 Å². The van der Waals surface area contributed by atoms with E-state index in [9.17, 15) is 0 Å². The van der Waals surface area contributed by atoms with Crippen molar-refractivity contribution < 1.29 is 0 Å². The van der Waals surface area contributed by atoms with E-state index in [-0.39, 0.29) is 0 Å². The molecule has 40 heavy (non-hydrogen) atoms. The molecule has 0 radical (unpaired) electrons. The zero-order valence-electron chi connectivity index (χ0n) is 21.9. The molecule has 1 aliphatic rings. The molecule has 0 fully saturated rings. The third-order valence-corrected chi connectivity index (χ3v) is 8.77. The molecule has 0 heterocycles. The van der Waals surface area contributed by atoms with Gasteiger partial charge in [0, 0.05) is 0 Å². The Balaban J connectivity index is 1.39. The lowest BCUT2D eigenvalue weighted by Gasteiger charge is -2.16. The van der Waals surface area contributed by atoms with Crippen molar-refractivity contribution >= 4 is 43.1 Å². The zero-order valence-corrected chi connectivity index (χ0v) is 21.9. The quantitative estimate of drug-likeness (QED) is 0.205. The molecule has 0 aliphatic heterocycles. The van der Waals surface area contributed by atoms with E-state index in [0.717, 1.165) is 0 Å². The zero-order chi connectivity index (χ0) is 26.2. The van der Waals surface area contributed by atoms with Crippen LogP contribution in [0.2, 0.25) is 0 Å². The topological polar surface area (TPSA) is 0 Å². The summed E-state index contributed by atoms with van der Waals surface area (Å²) in [5.41, 5.74) is 10.4. The normalized spacial score (nSPS) is 12.0. The van der Waals surface area contributed by atoms with Crippen molar-refractivity contribution in [3.63, 3.8) is 0 Å². The van der Waals surface area contributed by atoms with Crippen LogP contribution >= 0.6 is 0 Å².